The van der Waals surface area contributed by atoms with E-state index in [1.807, 2.05) is 0 Å². The smallest absolute Gasteiger partial charge is 0.0354 e. The van der Waals surface area contributed by atoms with Gasteiger partial charge in [0, 0.05) is 21.7 Å². The van der Waals surface area contributed by atoms with Crippen LogP contribution in [0.4, 0.5) is 0 Å². The van der Waals surface area contributed by atoms with Gasteiger partial charge in [-0.05, 0) is 12.8 Å². The second-order valence-corrected chi connectivity index (χ2v) is 5.60. The Labute approximate surface area is 84.5 Å². The van der Waals surface area contributed by atoms with E-state index in [1.165, 1.54) is 12.8 Å². The van der Waals surface area contributed by atoms with Gasteiger partial charge in [0.05, 0.1) is 0 Å². The molecule has 0 radical (unpaired) electrons. The highest BCUT2D eigenvalue weighted by atomic mass is 28.1. The molecule has 1 heteroatoms. The molecule has 0 bridgehead atoms. The molecule has 1 aliphatic carbocycles. The predicted octanol–water partition coefficient (Wildman–Crippen LogP) is 2.22. The van der Waals surface area contributed by atoms with Gasteiger partial charge in [-0.1, -0.05) is 43.6 Å². The third kappa shape index (κ3) is 3.65. The van der Waals surface area contributed by atoms with Gasteiger partial charge < -0.3 is 0 Å². The molecule has 0 fully saturated rings. The molecular weight excluding hydrogens is 172 g/mol. The van der Waals surface area contributed by atoms with E-state index in [1.54, 1.807) is 0 Å². The first-order valence-electron chi connectivity index (χ1n) is 5.11. The molecule has 0 spiro atoms. The van der Waals surface area contributed by atoms with Crippen LogP contribution in [-0.2, 0) is 0 Å². The highest BCUT2D eigenvalue weighted by molar-refractivity contribution is 6.19. The van der Waals surface area contributed by atoms with E-state index in [9.17, 15) is 0 Å². The van der Waals surface area contributed by atoms with Crippen molar-refractivity contribution in [1.29, 1.82) is 0 Å². The number of hydrogen-bond acceptors (Lipinski definition) is 0. The normalized spacial score (nSPS) is 25.6. The van der Waals surface area contributed by atoms with Crippen molar-refractivity contribution in [3.05, 3.63) is 24.3 Å². The van der Waals surface area contributed by atoms with Crippen LogP contribution in [0, 0.1) is 11.8 Å². The molecule has 0 aromatic rings. The van der Waals surface area contributed by atoms with Crippen LogP contribution in [0.2, 0.25) is 5.04 Å². The lowest BCUT2D eigenvalue weighted by Gasteiger charge is -2.18. The monoisotopic (exact) mass is 190 g/mol. The molecule has 1 unspecified atom stereocenters. The first-order valence-corrected chi connectivity index (χ1v) is 6.11. The van der Waals surface area contributed by atoms with Crippen LogP contribution >= 0.6 is 0 Å². The molecule has 0 aromatic heterocycles. The fourth-order valence-corrected chi connectivity index (χ4v) is 1.95. The van der Waals surface area contributed by atoms with E-state index < -0.39 is 0 Å². The summed E-state index contributed by atoms with van der Waals surface area (Å²) in [5.41, 5.74) is 0. The molecule has 0 saturated heterocycles. The quantitative estimate of drug-likeness (QED) is 0.356. The fourth-order valence-electron chi connectivity index (χ4n) is 1.35. The van der Waals surface area contributed by atoms with Crippen molar-refractivity contribution in [2.24, 2.45) is 0 Å². The third-order valence-corrected chi connectivity index (χ3v) is 3.27. The largest absolute Gasteiger partial charge is 0.103 e. The van der Waals surface area contributed by atoms with E-state index in [0.29, 0.717) is 0 Å². The maximum absolute atomic E-state index is 3.41. The summed E-state index contributed by atoms with van der Waals surface area (Å²) in [6.45, 7) is 2.21. The fraction of sp³-hybridized carbons (Fsp3) is 0.500. The van der Waals surface area contributed by atoms with Crippen molar-refractivity contribution in [1.82, 2.24) is 0 Å². The van der Waals surface area contributed by atoms with E-state index in [-0.39, 0.29) is 5.04 Å². The zero-order valence-electron chi connectivity index (χ0n) is 8.64. The van der Waals surface area contributed by atoms with Crippen LogP contribution in [0.25, 0.3) is 0 Å². The predicted molar refractivity (Wildman–Crippen MR) is 62.8 cm³/mol. The van der Waals surface area contributed by atoms with Gasteiger partial charge in [0.15, 0.2) is 0 Å². The average molecular weight is 190 g/mol. The molecule has 0 aromatic carbocycles. The molecule has 1 atom stereocenters. The van der Waals surface area contributed by atoms with Crippen LogP contribution in [0.15, 0.2) is 24.3 Å². The minimum absolute atomic E-state index is 0.239. The van der Waals surface area contributed by atoms with Crippen molar-refractivity contribution in [3.8, 4) is 11.8 Å². The standard InChI is InChI=1S/C12H18Si/c1-2-3-4-6-9-12(13)10-7-5-8-11-12/h5,7-8,10H,2-4,11H2,1,13H3. The summed E-state index contributed by atoms with van der Waals surface area (Å²) < 4.78 is 0. The Bertz CT molecular complexity index is 265. The molecule has 0 heterocycles. The molecule has 70 valence electrons. The van der Waals surface area contributed by atoms with Crippen molar-refractivity contribution in [2.75, 3.05) is 0 Å². The van der Waals surface area contributed by atoms with Gasteiger partial charge in [-0.3, -0.25) is 0 Å². The Morgan fingerprint density at radius 3 is 2.92 bits per heavy atom. The lowest BCUT2D eigenvalue weighted by molar-refractivity contribution is 0.822. The number of hydrogen-bond donors (Lipinski definition) is 0. The molecule has 0 saturated carbocycles. The summed E-state index contributed by atoms with van der Waals surface area (Å²) in [5.74, 6) is 6.70. The molecule has 1 rings (SSSR count). The van der Waals surface area contributed by atoms with Gasteiger partial charge in [-0.15, -0.1) is 5.92 Å². The Hall–Kier alpha value is -0.743. The number of unbranched alkanes of at least 4 members (excludes halogenated alkanes) is 2. The van der Waals surface area contributed by atoms with Gasteiger partial charge >= 0.3 is 0 Å². The van der Waals surface area contributed by atoms with Gasteiger partial charge in [-0.25, -0.2) is 0 Å². The zero-order valence-corrected chi connectivity index (χ0v) is 10.6. The Balaban J connectivity index is 2.45. The Kier molecular flexibility index (Phi) is 4.05. The lowest BCUT2D eigenvalue weighted by Crippen LogP contribution is -2.07. The van der Waals surface area contributed by atoms with Crippen LogP contribution < -0.4 is 0 Å². The molecular formula is C12H18Si. The summed E-state index contributed by atoms with van der Waals surface area (Å²) in [5, 5.41) is 0.239. The molecule has 0 amide bonds. The molecule has 0 aliphatic heterocycles. The van der Waals surface area contributed by atoms with Crippen LogP contribution in [0.5, 0.6) is 0 Å². The molecule has 0 nitrogen and oxygen atoms in total. The summed E-state index contributed by atoms with van der Waals surface area (Å²) >= 11 is 0. The maximum atomic E-state index is 3.41. The van der Waals surface area contributed by atoms with Gasteiger partial charge in [0.25, 0.3) is 0 Å². The SMILES string of the molecule is CCCCC#CC1([SiH3])C=CC=CC1. The van der Waals surface area contributed by atoms with Crippen molar-refractivity contribution >= 4 is 10.2 Å². The van der Waals surface area contributed by atoms with E-state index in [0.717, 1.165) is 23.1 Å². The minimum atomic E-state index is 0.239. The van der Waals surface area contributed by atoms with E-state index in [4.69, 9.17) is 0 Å². The lowest BCUT2D eigenvalue weighted by atomic mass is 10.00. The van der Waals surface area contributed by atoms with Gasteiger partial charge in [0.1, 0.15) is 0 Å². The maximum Gasteiger partial charge on any atom is 0.0354 e. The Morgan fingerprint density at radius 1 is 1.46 bits per heavy atom. The summed E-state index contributed by atoms with van der Waals surface area (Å²) in [6.07, 6.45) is 13.4. The third-order valence-electron chi connectivity index (χ3n) is 2.28. The zero-order chi connectivity index (χ0) is 9.57. The average Bonchev–Trinajstić information content (AvgIpc) is 2.14. The Morgan fingerprint density at radius 2 is 2.31 bits per heavy atom. The summed E-state index contributed by atoms with van der Waals surface area (Å²) in [4.78, 5) is 0. The van der Waals surface area contributed by atoms with Crippen molar-refractivity contribution in [3.63, 3.8) is 0 Å². The molecule has 1 aliphatic rings. The van der Waals surface area contributed by atoms with Crippen molar-refractivity contribution in [2.45, 2.75) is 37.6 Å². The highest BCUT2D eigenvalue weighted by Crippen LogP contribution is 2.30. The first-order chi connectivity index (χ1) is 6.27. The second kappa shape index (κ2) is 5.09. The van der Waals surface area contributed by atoms with Crippen LogP contribution in [-0.4, -0.2) is 10.2 Å². The molecule has 0 N–H and O–H groups in total. The highest BCUT2D eigenvalue weighted by Gasteiger charge is 2.16. The van der Waals surface area contributed by atoms with Gasteiger partial charge in [0.2, 0.25) is 0 Å². The van der Waals surface area contributed by atoms with Gasteiger partial charge in [-0.2, -0.15) is 0 Å². The second-order valence-electron chi connectivity index (χ2n) is 3.81. The van der Waals surface area contributed by atoms with Crippen LogP contribution in [0.1, 0.15) is 32.6 Å². The number of rotatable bonds is 2. The molecule has 13 heavy (non-hydrogen) atoms. The minimum Gasteiger partial charge on any atom is -0.103 e. The summed E-state index contributed by atoms with van der Waals surface area (Å²) in [6, 6.07) is 0. The number of allylic oxidation sites excluding steroid dienone is 4. The van der Waals surface area contributed by atoms with Crippen LogP contribution in [0.3, 0.4) is 0 Å². The van der Waals surface area contributed by atoms with Crippen molar-refractivity contribution < 1.29 is 0 Å². The topological polar surface area (TPSA) is 0 Å². The first kappa shape index (κ1) is 10.3. The van der Waals surface area contributed by atoms with E-state index in [2.05, 4.69) is 43.1 Å². The summed E-state index contributed by atoms with van der Waals surface area (Å²) in [7, 11) is 1.14. The van der Waals surface area contributed by atoms with E-state index >= 15 is 0 Å².